The lowest BCUT2D eigenvalue weighted by molar-refractivity contribution is 0.949. The summed E-state index contributed by atoms with van der Waals surface area (Å²) < 4.78 is 1.10. The Labute approximate surface area is 93.2 Å². The van der Waals surface area contributed by atoms with Gasteiger partial charge in [0.15, 0.2) is 0 Å². The van der Waals surface area contributed by atoms with Gasteiger partial charge in [-0.25, -0.2) is 0 Å². The second kappa shape index (κ2) is 3.81. The molecule has 0 aliphatic carbocycles. The molecule has 1 fully saturated rings. The molecule has 1 saturated heterocycles. The van der Waals surface area contributed by atoms with Gasteiger partial charge >= 0.3 is 0 Å². The Morgan fingerprint density at radius 2 is 1.93 bits per heavy atom. The van der Waals surface area contributed by atoms with E-state index in [9.17, 15) is 0 Å². The first-order valence-electron chi connectivity index (χ1n) is 4.99. The highest BCUT2D eigenvalue weighted by Gasteiger charge is 2.16. The number of anilines is 2. The standard InChI is InChI=1S/C11H15BrN2/c1-8-9(12)4-5-10(11(8)13)14-6-2-3-7-14/h4-5H,2-3,6-7,13H2,1H3. The van der Waals surface area contributed by atoms with E-state index in [-0.39, 0.29) is 0 Å². The third-order valence-electron chi connectivity index (χ3n) is 2.87. The van der Waals surface area contributed by atoms with Crippen molar-refractivity contribution < 1.29 is 0 Å². The molecule has 2 N–H and O–H groups in total. The molecule has 3 heteroatoms. The van der Waals surface area contributed by atoms with Crippen LogP contribution in [0, 0.1) is 6.92 Å². The summed E-state index contributed by atoms with van der Waals surface area (Å²) in [7, 11) is 0. The van der Waals surface area contributed by atoms with Gasteiger partial charge < -0.3 is 10.6 Å². The zero-order valence-electron chi connectivity index (χ0n) is 8.39. The van der Waals surface area contributed by atoms with Crippen molar-refractivity contribution in [1.82, 2.24) is 0 Å². The number of rotatable bonds is 1. The maximum atomic E-state index is 6.09. The molecule has 0 amide bonds. The molecule has 1 aromatic carbocycles. The van der Waals surface area contributed by atoms with E-state index in [1.54, 1.807) is 0 Å². The molecule has 1 aromatic rings. The number of nitrogen functional groups attached to an aromatic ring is 1. The third-order valence-corrected chi connectivity index (χ3v) is 3.73. The normalized spacial score (nSPS) is 16.3. The van der Waals surface area contributed by atoms with Crippen molar-refractivity contribution in [2.75, 3.05) is 23.7 Å². The van der Waals surface area contributed by atoms with Crippen molar-refractivity contribution in [2.45, 2.75) is 19.8 Å². The lowest BCUT2D eigenvalue weighted by Crippen LogP contribution is -2.19. The summed E-state index contributed by atoms with van der Waals surface area (Å²) >= 11 is 3.49. The highest BCUT2D eigenvalue weighted by Crippen LogP contribution is 2.33. The molecule has 2 nitrogen and oxygen atoms in total. The van der Waals surface area contributed by atoms with Gasteiger partial charge in [0.1, 0.15) is 0 Å². The fourth-order valence-corrected chi connectivity index (χ4v) is 2.27. The van der Waals surface area contributed by atoms with E-state index in [1.165, 1.54) is 18.5 Å². The fourth-order valence-electron chi connectivity index (χ4n) is 1.92. The zero-order valence-corrected chi connectivity index (χ0v) is 9.97. The average Bonchev–Trinajstić information content (AvgIpc) is 2.67. The molecule has 0 spiro atoms. The lowest BCUT2D eigenvalue weighted by atomic mass is 10.1. The summed E-state index contributed by atoms with van der Waals surface area (Å²) in [5, 5.41) is 0. The van der Waals surface area contributed by atoms with Gasteiger partial charge in [-0.1, -0.05) is 15.9 Å². The van der Waals surface area contributed by atoms with Gasteiger partial charge in [-0.2, -0.15) is 0 Å². The summed E-state index contributed by atoms with van der Waals surface area (Å²) in [6.07, 6.45) is 2.57. The summed E-state index contributed by atoms with van der Waals surface area (Å²) in [5.74, 6) is 0. The van der Waals surface area contributed by atoms with Gasteiger partial charge in [-0.3, -0.25) is 0 Å². The molecule has 76 valence electrons. The van der Waals surface area contributed by atoms with Crippen LogP contribution in [0.15, 0.2) is 16.6 Å². The quantitative estimate of drug-likeness (QED) is 0.782. The molecule has 0 unspecified atom stereocenters. The van der Waals surface area contributed by atoms with Gasteiger partial charge in [-0.15, -0.1) is 0 Å². The molecule has 0 aromatic heterocycles. The Morgan fingerprint density at radius 1 is 1.29 bits per heavy atom. The second-order valence-electron chi connectivity index (χ2n) is 3.80. The first-order chi connectivity index (χ1) is 6.70. The van der Waals surface area contributed by atoms with Gasteiger partial charge in [0, 0.05) is 17.6 Å². The van der Waals surface area contributed by atoms with Crippen molar-refractivity contribution >= 4 is 27.3 Å². The van der Waals surface area contributed by atoms with Crippen LogP contribution >= 0.6 is 15.9 Å². The number of halogens is 1. The third kappa shape index (κ3) is 1.61. The molecular formula is C11H15BrN2. The van der Waals surface area contributed by atoms with E-state index in [1.807, 2.05) is 0 Å². The van der Waals surface area contributed by atoms with Gasteiger partial charge in [0.2, 0.25) is 0 Å². The maximum absolute atomic E-state index is 6.09. The van der Waals surface area contributed by atoms with Crippen LogP contribution in [0.4, 0.5) is 11.4 Å². The van der Waals surface area contributed by atoms with Gasteiger partial charge in [0.25, 0.3) is 0 Å². The van der Waals surface area contributed by atoms with Crippen LogP contribution in [0.25, 0.3) is 0 Å². The molecule has 1 heterocycles. The van der Waals surface area contributed by atoms with Gasteiger partial charge in [0.05, 0.1) is 11.4 Å². The van der Waals surface area contributed by atoms with Crippen LogP contribution in [0.5, 0.6) is 0 Å². The second-order valence-corrected chi connectivity index (χ2v) is 4.65. The van der Waals surface area contributed by atoms with Crippen molar-refractivity contribution in [2.24, 2.45) is 0 Å². The van der Waals surface area contributed by atoms with E-state index in [2.05, 4.69) is 39.9 Å². The average molecular weight is 255 g/mol. The predicted molar refractivity (Wildman–Crippen MR) is 64.7 cm³/mol. The summed E-state index contributed by atoms with van der Waals surface area (Å²) in [5.41, 5.74) is 9.35. The SMILES string of the molecule is Cc1c(Br)ccc(N2CCCC2)c1N. The van der Waals surface area contributed by atoms with E-state index < -0.39 is 0 Å². The first-order valence-corrected chi connectivity index (χ1v) is 5.79. The minimum atomic E-state index is 0.918. The van der Waals surface area contributed by atoms with Crippen molar-refractivity contribution in [3.63, 3.8) is 0 Å². The number of hydrogen-bond donors (Lipinski definition) is 1. The minimum absolute atomic E-state index is 0.918. The smallest absolute Gasteiger partial charge is 0.0603 e. The van der Waals surface area contributed by atoms with Crippen LogP contribution < -0.4 is 10.6 Å². The Kier molecular flexibility index (Phi) is 2.68. The molecule has 14 heavy (non-hydrogen) atoms. The highest BCUT2D eigenvalue weighted by molar-refractivity contribution is 9.10. The van der Waals surface area contributed by atoms with Crippen molar-refractivity contribution in [3.8, 4) is 0 Å². The number of hydrogen-bond acceptors (Lipinski definition) is 2. The Hall–Kier alpha value is -0.700. The minimum Gasteiger partial charge on any atom is -0.397 e. The van der Waals surface area contributed by atoms with E-state index in [0.717, 1.165) is 28.8 Å². The molecule has 0 bridgehead atoms. The number of nitrogens with zero attached hydrogens (tertiary/aromatic N) is 1. The van der Waals surface area contributed by atoms with E-state index in [4.69, 9.17) is 5.73 Å². The van der Waals surface area contributed by atoms with Crippen LogP contribution in [-0.4, -0.2) is 13.1 Å². The van der Waals surface area contributed by atoms with Gasteiger partial charge in [-0.05, 0) is 37.5 Å². The first kappa shape index (κ1) is 9.84. The van der Waals surface area contributed by atoms with Crippen molar-refractivity contribution in [3.05, 3.63) is 22.2 Å². The number of nitrogens with two attached hydrogens (primary N) is 1. The maximum Gasteiger partial charge on any atom is 0.0603 e. The molecule has 0 saturated carbocycles. The Morgan fingerprint density at radius 3 is 2.57 bits per heavy atom. The predicted octanol–water partition coefficient (Wildman–Crippen LogP) is 2.94. The van der Waals surface area contributed by atoms with Crippen LogP contribution in [0.1, 0.15) is 18.4 Å². The monoisotopic (exact) mass is 254 g/mol. The van der Waals surface area contributed by atoms with Crippen LogP contribution in [-0.2, 0) is 0 Å². The molecule has 1 aliphatic rings. The van der Waals surface area contributed by atoms with E-state index in [0.29, 0.717) is 0 Å². The summed E-state index contributed by atoms with van der Waals surface area (Å²) in [6.45, 7) is 4.34. The van der Waals surface area contributed by atoms with Crippen LogP contribution in [0.2, 0.25) is 0 Å². The molecule has 1 aliphatic heterocycles. The molecule has 0 radical (unpaired) electrons. The zero-order chi connectivity index (χ0) is 10.1. The summed E-state index contributed by atoms with van der Waals surface area (Å²) in [4.78, 5) is 2.37. The topological polar surface area (TPSA) is 29.3 Å². The molecule has 2 rings (SSSR count). The summed E-state index contributed by atoms with van der Waals surface area (Å²) in [6, 6.07) is 4.19. The highest BCUT2D eigenvalue weighted by atomic mass is 79.9. The Balaban J connectivity index is 2.38. The fraction of sp³-hybridized carbons (Fsp3) is 0.455. The van der Waals surface area contributed by atoms with E-state index >= 15 is 0 Å². The lowest BCUT2D eigenvalue weighted by Gasteiger charge is -2.21. The molecular weight excluding hydrogens is 240 g/mol. The van der Waals surface area contributed by atoms with Crippen molar-refractivity contribution in [1.29, 1.82) is 0 Å². The number of benzene rings is 1. The largest absolute Gasteiger partial charge is 0.397 e. The molecule has 0 atom stereocenters. The van der Waals surface area contributed by atoms with Crippen LogP contribution in [0.3, 0.4) is 0 Å². The Bertz CT molecular complexity index is 343.